The third-order valence-electron chi connectivity index (χ3n) is 7.08. The maximum Gasteiger partial charge on any atom is 0.194 e. The van der Waals surface area contributed by atoms with E-state index in [9.17, 15) is 4.79 Å². The number of nitrogens with zero attached hydrogens (tertiary/aromatic N) is 5. The van der Waals surface area contributed by atoms with E-state index in [-0.39, 0.29) is 29.8 Å². The van der Waals surface area contributed by atoms with Crippen molar-refractivity contribution in [3.8, 4) is 0 Å². The smallest absolute Gasteiger partial charge is 0.194 e. The minimum atomic E-state index is -2.02. The van der Waals surface area contributed by atoms with Crippen molar-refractivity contribution in [3.05, 3.63) is 80.1 Å². The molecular formula is C25H32N6O2Si. The first-order valence-corrected chi connectivity index (χ1v) is 14.5. The Morgan fingerprint density at radius 2 is 1.94 bits per heavy atom. The van der Waals surface area contributed by atoms with Crippen molar-refractivity contribution in [2.75, 3.05) is 5.32 Å². The number of anilines is 1. The van der Waals surface area contributed by atoms with Gasteiger partial charge in [-0.05, 0) is 53.7 Å². The lowest BCUT2D eigenvalue weighted by Gasteiger charge is -2.36. The van der Waals surface area contributed by atoms with Gasteiger partial charge in [-0.15, -0.1) is 0 Å². The molecule has 0 aliphatic heterocycles. The van der Waals surface area contributed by atoms with Crippen LogP contribution < -0.4 is 10.7 Å². The average molecular weight is 477 g/mol. The Hall–Kier alpha value is -3.13. The molecule has 0 saturated heterocycles. The Morgan fingerprint density at radius 1 is 1.26 bits per heavy atom. The zero-order chi connectivity index (χ0) is 24.5. The molecule has 0 spiro atoms. The third-order valence-corrected chi connectivity index (χ3v) is 11.5. The topological polar surface area (TPSA) is 105 Å². The van der Waals surface area contributed by atoms with Crippen LogP contribution in [0.3, 0.4) is 0 Å². The molecule has 34 heavy (non-hydrogen) atoms. The van der Waals surface area contributed by atoms with E-state index in [1.165, 1.54) is 11.1 Å². The van der Waals surface area contributed by atoms with Crippen molar-refractivity contribution in [1.29, 1.82) is 0 Å². The summed E-state index contributed by atoms with van der Waals surface area (Å²) in [7, 11) is -2.02. The maximum absolute atomic E-state index is 13.2. The lowest BCUT2D eigenvalue weighted by atomic mass is 10.1. The number of rotatable bonds is 7. The molecule has 0 bridgehead atoms. The molecule has 9 heteroatoms. The van der Waals surface area contributed by atoms with Gasteiger partial charge in [0.05, 0.1) is 23.8 Å². The highest BCUT2D eigenvalue weighted by molar-refractivity contribution is 6.74. The Labute approximate surface area is 200 Å². The summed E-state index contributed by atoms with van der Waals surface area (Å²) in [6.07, 6.45) is 5.37. The van der Waals surface area contributed by atoms with Gasteiger partial charge in [0.2, 0.25) is 0 Å². The van der Waals surface area contributed by atoms with Crippen LogP contribution in [0.5, 0.6) is 0 Å². The number of benzene rings is 1. The van der Waals surface area contributed by atoms with E-state index >= 15 is 0 Å². The first-order valence-electron chi connectivity index (χ1n) is 11.6. The van der Waals surface area contributed by atoms with Crippen molar-refractivity contribution >= 4 is 25.0 Å². The minimum absolute atomic E-state index is 0.0129. The summed E-state index contributed by atoms with van der Waals surface area (Å²) in [5.74, 6) is 0. The van der Waals surface area contributed by atoms with Crippen LogP contribution >= 0.6 is 0 Å². The molecule has 4 rings (SSSR count). The quantitative estimate of drug-likeness (QED) is 0.202. The standard InChI is InChI=1S/C25H32N6O2Si/c1-25(2,3)34(4,5)33-16-31-15-19(13-28-30-26)23(32)22-12-21(14-27-24(22)31)29-20-10-17-8-6-7-9-18(17)11-20/h6-9,12,14-15,20,29H,10-11,13,16H2,1-5H3. The summed E-state index contributed by atoms with van der Waals surface area (Å²) < 4.78 is 8.26. The van der Waals surface area contributed by atoms with Gasteiger partial charge in [0, 0.05) is 22.7 Å². The number of aromatic nitrogens is 2. The average Bonchev–Trinajstić information content (AvgIpc) is 3.19. The number of nitrogens with one attached hydrogen (secondary N) is 1. The Morgan fingerprint density at radius 3 is 2.56 bits per heavy atom. The molecule has 1 aliphatic rings. The first-order chi connectivity index (χ1) is 16.1. The van der Waals surface area contributed by atoms with Gasteiger partial charge in [0.15, 0.2) is 13.7 Å². The highest BCUT2D eigenvalue weighted by Gasteiger charge is 2.37. The van der Waals surface area contributed by atoms with Gasteiger partial charge in [-0.25, -0.2) is 4.98 Å². The van der Waals surface area contributed by atoms with Crippen LogP contribution in [0.25, 0.3) is 21.5 Å². The van der Waals surface area contributed by atoms with Crippen LogP contribution in [0.2, 0.25) is 18.1 Å². The summed E-state index contributed by atoms with van der Waals surface area (Å²) in [5, 5.41) is 7.72. The van der Waals surface area contributed by atoms with Crippen molar-refractivity contribution in [2.45, 2.75) is 71.1 Å². The fourth-order valence-electron chi connectivity index (χ4n) is 4.08. The lowest BCUT2D eigenvalue weighted by molar-refractivity contribution is 0.216. The van der Waals surface area contributed by atoms with Crippen molar-refractivity contribution in [1.82, 2.24) is 9.55 Å². The Kier molecular flexibility index (Phi) is 6.53. The summed E-state index contributed by atoms with van der Waals surface area (Å²) in [6, 6.07) is 10.6. The maximum atomic E-state index is 13.2. The summed E-state index contributed by atoms with van der Waals surface area (Å²) >= 11 is 0. The monoisotopic (exact) mass is 476 g/mol. The fourth-order valence-corrected chi connectivity index (χ4v) is 4.97. The number of fused-ring (bicyclic) bond motifs is 2. The summed E-state index contributed by atoms with van der Waals surface area (Å²) in [5.41, 5.74) is 13.1. The zero-order valence-electron chi connectivity index (χ0n) is 20.5. The Balaban J connectivity index is 1.67. The predicted molar refractivity (Wildman–Crippen MR) is 138 cm³/mol. The zero-order valence-corrected chi connectivity index (χ0v) is 21.5. The molecule has 0 amide bonds. The molecular weight excluding hydrogens is 444 g/mol. The molecule has 3 aromatic rings. The molecule has 2 heterocycles. The number of azide groups is 1. The molecule has 2 aromatic heterocycles. The van der Waals surface area contributed by atoms with Gasteiger partial charge in [-0.2, -0.15) is 0 Å². The highest BCUT2D eigenvalue weighted by Crippen LogP contribution is 2.37. The van der Waals surface area contributed by atoms with Gasteiger partial charge in [0.1, 0.15) is 12.4 Å². The van der Waals surface area contributed by atoms with Crippen LogP contribution in [0.4, 0.5) is 5.69 Å². The van der Waals surface area contributed by atoms with Crippen LogP contribution in [-0.2, 0) is 30.5 Å². The van der Waals surface area contributed by atoms with Gasteiger partial charge in [-0.1, -0.05) is 50.2 Å². The molecule has 8 nitrogen and oxygen atoms in total. The van der Waals surface area contributed by atoms with E-state index in [1.807, 2.05) is 10.6 Å². The lowest BCUT2D eigenvalue weighted by Crippen LogP contribution is -2.41. The van der Waals surface area contributed by atoms with Gasteiger partial charge < -0.3 is 14.3 Å². The molecule has 178 valence electrons. The van der Waals surface area contributed by atoms with Crippen LogP contribution in [0.1, 0.15) is 37.5 Å². The second kappa shape index (κ2) is 9.25. The van der Waals surface area contributed by atoms with E-state index < -0.39 is 8.32 Å². The number of hydrogen-bond donors (Lipinski definition) is 1. The van der Waals surface area contributed by atoms with Crippen molar-refractivity contribution in [3.63, 3.8) is 0 Å². The largest absolute Gasteiger partial charge is 0.399 e. The molecule has 0 unspecified atom stereocenters. The Bertz CT molecular complexity index is 1300. The van der Waals surface area contributed by atoms with Crippen molar-refractivity contribution < 1.29 is 4.43 Å². The molecule has 1 N–H and O–H groups in total. The second-order valence-corrected chi connectivity index (χ2v) is 15.3. The SMILES string of the molecule is CC(C)(C)[Si](C)(C)OCn1cc(CN=[N+]=[N-])c(=O)c2cc(NC3Cc4ccccc4C3)cnc21. The summed E-state index contributed by atoms with van der Waals surface area (Å²) in [6.45, 7) is 11.2. The van der Waals surface area contributed by atoms with Crippen LogP contribution in [-0.4, -0.2) is 23.9 Å². The number of hydrogen-bond acceptors (Lipinski definition) is 5. The molecule has 1 aliphatic carbocycles. The molecule has 1 aromatic carbocycles. The van der Waals surface area contributed by atoms with Gasteiger partial charge in [0.25, 0.3) is 0 Å². The molecule has 0 fully saturated rings. The van der Waals surface area contributed by atoms with E-state index in [0.717, 1.165) is 18.5 Å². The van der Waals surface area contributed by atoms with Crippen molar-refractivity contribution in [2.24, 2.45) is 5.11 Å². The van der Waals surface area contributed by atoms with Gasteiger partial charge >= 0.3 is 0 Å². The fraction of sp³-hybridized carbons (Fsp3) is 0.440. The minimum Gasteiger partial charge on any atom is -0.399 e. The normalized spacial score (nSPS) is 14.1. The van der Waals surface area contributed by atoms with E-state index in [4.69, 9.17) is 9.96 Å². The highest BCUT2D eigenvalue weighted by atomic mass is 28.4. The molecule has 0 atom stereocenters. The van der Waals surface area contributed by atoms with E-state index in [2.05, 4.69) is 78.5 Å². The second-order valence-electron chi connectivity index (χ2n) is 10.5. The van der Waals surface area contributed by atoms with Crippen LogP contribution in [0.15, 0.2) is 52.6 Å². The predicted octanol–water partition coefficient (Wildman–Crippen LogP) is 5.77. The van der Waals surface area contributed by atoms with E-state index in [0.29, 0.717) is 16.6 Å². The first kappa shape index (κ1) is 24.0. The molecule has 0 radical (unpaired) electrons. The third kappa shape index (κ3) is 4.87. The molecule has 0 saturated carbocycles. The number of pyridine rings is 2. The van der Waals surface area contributed by atoms with Gasteiger partial charge in [-0.3, -0.25) is 4.79 Å². The van der Waals surface area contributed by atoms with Crippen LogP contribution in [0, 0.1) is 0 Å². The summed E-state index contributed by atoms with van der Waals surface area (Å²) in [4.78, 5) is 20.7. The van der Waals surface area contributed by atoms with E-state index in [1.54, 1.807) is 12.4 Å².